The van der Waals surface area contributed by atoms with Gasteiger partial charge in [-0.3, -0.25) is 9.47 Å². The van der Waals surface area contributed by atoms with Gasteiger partial charge in [-0.25, -0.2) is 4.79 Å². The van der Waals surface area contributed by atoms with Crippen molar-refractivity contribution in [1.82, 2.24) is 9.47 Å². The number of aromatic nitrogens is 1. The van der Waals surface area contributed by atoms with Gasteiger partial charge in [-0.05, 0) is 25.1 Å². The number of hydrogen-bond donors (Lipinski definition) is 0. The molecule has 1 atom stereocenters. The molecule has 1 unspecified atom stereocenters. The van der Waals surface area contributed by atoms with Gasteiger partial charge in [0.1, 0.15) is 0 Å². The summed E-state index contributed by atoms with van der Waals surface area (Å²) in [5.74, 6) is -0.313. The number of benzene rings is 1. The molecule has 0 aliphatic carbocycles. The molecule has 1 aliphatic heterocycles. The molecule has 0 amide bonds. The fraction of sp³-hybridized carbons (Fsp3) is 0.462. The van der Waals surface area contributed by atoms with Crippen molar-refractivity contribution in [2.45, 2.75) is 19.7 Å². The molecule has 0 radical (unpaired) electrons. The lowest BCUT2D eigenvalue weighted by atomic mass is 10.3. The third-order valence-corrected chi connectivity index (χ3v) is 3.79. The molecule has 19 heavy (non-hydrogen) atoms. The number of nitrogens with zero attached hydrogens (tertiary/aromatic N) is 2. The van der Waals surface area contributed by atoms with Crippen LogP contribution in [0.2, 0.25) is 0 Å². The summed E-state index contributed by atoms with van der Waals surface area (Å²) in [6.45, 7) is 4.95. The first-order valence-corrected chi connectivity index (χ1v) is 7.05. The third-order valence-electron chi connectivity index (χ3n) is 3.30. The highest BCUT2D eigenvalue weighted by atomic mass is 79.9. The SMILES string of the molecule is CC1CN(Cn2c(=O)oc3cc(Br)ccc32)CCO1. The Labute approximate surface area is 118 Å². The summed E-state index contributed by atoms with van der Waals surface area (Å²) >= 11 is 3.37. The lowest BCUT2D eigenvalue weighted by molar-refractivity contribution is -0.0292. The van der Waals surface area contributed by atoms with Gasteiger partial charge in [-0.15, -0.1) is 0 Å². The van der Waals surface area contributed by atoms with Crippen molar-refractivity contribution in [2.75, 3.05) is 19.7 Å². The molecule has 0 saturated carbocycles. The lowest BCUT2D eigenvalue weighted by Crippen LogP contribution is -2.43. The van der Waals surface area contributed by atoms with E-state index in [0.717, 1.165) is 23.1 Å². The van der Waals surface area contributed by atoms with Crippen LogP contribution in [0, 0.1) is 0 Å². The van der Waals surface area contributed by atoms with Gasteiger partial charge >= 0.3 is 5.76 Å². The second-order valence-corrected chi connectivity index (χ2v) is 5.72. The number of hydrogen-bond acceptors (Lipinski definition) is 4. The monoisotopic (exact) mass is 326 g/mol. The minimum Gasteiger partial charge on any atom is -0.408 e. The summed E-state index contributed by atoms with van der Waals surface area (Å²) < 4.78 is 13.3. The highest BCUT2D eigenvalue weighted by Gasteiger charge is 2.19. The molecule has 1 fully saturated rings. The minimum atomic E-state index is -0.313. The van der Waals surface area contributed by atoms with Crippen molar-refractivity contribution < 1.29 is 9.15 Å². The van der Waals surface area contributed by atoms with Crippen LogP contribution >= 0.6 is 15.9 Å². The molecule has 0 bridgehead atoms. The van der Waals surface area contributed by atoms with Gasteiger partial charge in [0.2, 0.25) is 0 Å². The van der Waals surface area contributed by atoms with E-state index in [1.54, 1.807) is 4.57 Å². The summed E-state index contributed by atoms with van der Waals surface area (Å²) in [5, 5.41) is 0. The summed E-state index contributed by atoms with van der Waals surface area (Å²) in [6.07, 6.45) is 0.205. The number of halogens is 1. The van der Waals surface area contributed by atoms with Crippen LogP contribution in [0.3, 0.4) is 0 Å². The standard InChI is InChI=1S/C13H15BrN2O3/c1-9-7-15(4-5-18-9)8-16-11-3-2-10(14)6-12(11)19-13(16)17/h2-3,6,9H,4-5,7-8H2,1H3. The van der Waals surface area contributed by atoms with Crippen molar-refractivity contribution >= 4 is 27.0 Å². The van der Waals surface area contributed by atoms with E-state index in [0.29, 0.717) is 18.9 Å². The average molecular weight is 327 g/mol. The summed E-state index contributed by atoms with van der Waals surface area (Å²) in [4.78, 5) is 14.1. The zero-order valence-electron chi connectivity index (χ0n) is 10.6. The molecule has 1 saturated heterocycles. The van der Waals surface area contributed by atoms with Crippen LogP contribution < -0.4 is 5.76 Å². The largest absolute Gasteiger partial charge is 0.421 e. The van der Waals surface area contributed by atoms with Crippen LogP contribution in [-0.4, -0.2) is 35.3 Å². The van der Waals surface area contributed by atoms with Crippen molar-refractivity contribution in [3.8, 4) is 0 Å². The first kappa shape index (κ1) is 12.9. The number of fused-ring (bicyclic) bond motifs is 1. The van der Waals surface area contributed by atoms with E-state index < -0.39 is 0 Å². The third kappa shape index (κ3) is 2.61. The van der Waals surface area contributed by atoms with Crippen LogP contribution in [0.15, 0.2) is 31.9 Å². The molecule has 1 aromatic heterocycles. The Balaban J connectivity index is 1.92. The van der Waals surface area contributed by atoms with Crippen molar-refractivity contribution in [3.05, 3.63) is 33.2 Å². The van der Waals surface area contributed by atoms with Crippen LogP contribution in [-0.2, 0) is 11.4 Å². The van der Waals surface area contributed by atoms with Gasteiger partial charge in [0.25, 0.3) is 0 Å². The van der Waals surface area contributed by atoms with E-state index in [1.165, 1.54) is 0 Å². The summed E-state index contributed by atoms with van der Waals surface area (Å²) in [6, 6.07) is 5.62. The zero-order valence-corrected chi connectivity index (χ0v) is 12.2. The molecular weight excluding hydrogens is 312 g/mol. The van der Waals surface area contributed by atoms with Crippen molar-refractivity contribution in [2.24, 2.45) is 0 Å². The zero-order chi connectivity index (χ0) is 13.4. The Morgan fingerprint density at radius 1 is 1.47 bits per heavy atom. The second kappa shape index (κ2) is 5.11. The van der Waals surface area contributed by atoms with Crippen molar-refractivity contribution in [3.63, 3.8) is 0 Å². The van der Waals surface area contributed by atoms with Crippen LogP contribution in [0.1, 0.15) is 6.92 Å². The summed E-state index contributed by atoms with van der Waals surface area (Å²) in [7, 11) is 0. The Hall–Kier alpha value is -1.11. The molecule has 102 valence electrons. The quantitative estimate of drug-likeness (QED) is 0.847. The Morgan fingerprint density at radius 2 is 2.32 bits per heavy atom. The highest BCUT2D eigenvalue weighted by Crippen LogP contribution is 2.19. The number of oxazole rings is 1. The van der Waals surface area contributed by atoms with E-state index in [-0.39, 0.29) is 11.9 Å². The molecule has 0 spiro atoms. The van der Waals surface area contributed by atoms with Crippen LogP contribution in [0.5, 0.6) is 0 Å². The maximum absolute atomic E-state index is 11.9. The predicted octanol–water partition coefficient (Wildman–Crippen LogP) is 2.04. The highest BCUT2D eigenvalue weighted by molar-refractivity contribution is 9.10. The van der Waals surface area contributed by atoms with Gasteiger partial charge in [0.15, 0.2) is 5.58 Å². The molecule has 0 N–H and O–H groups in total. The van der Waals surface area contributed by atoms with E-state index in [1.807, 2.05) is 25.1 Å². The smallest absolute Gasteiger partial charge is 0.408 e. The van der Waals surface area contributed by atoms with E-state index >= 15 is 0 Å². The number of morpholine rings is 1. The fourth-order valence-electron chi connectivity index (χ4n) is 2.39. The number of ether oxygens (including phenoxy) is 1. The van der Waals surface area contributed by atoms with Gasteiger partial charge < -0.3 is 9.15 Å². The Morgan fingerprint density at radius 3 is 3.11 bits per heavy atom. The molecular formula is C13H15BrN2O3. The van der Waals surface area contributed by atoms with Gasteiger partial charge in [-0.2, -0.15) is 0 Å². The minimum absolute atomic E-state index is 0.205. The molecule has 2 heterocycles. The first-order valence-electron chi connectivity index (χ1n) is 6.26. The molecule has 1 aliphatic rings. The van der Waals surface area contributed by atoms with Crippen LogP contribution in [0.4, 0.5) is 0 Å². The maximum Gasteiger partial charge on any atom is 0.421 e. The molecule has 5 nitrogen and oxygen atoms in total. The average Bonchev–Trinajstić information content (AvgIpc) is 2.65. The predicted molar refractivity (Wildman–Crippen MR) is 75.2 cm³/mol. The first-order chi connectivity index (χ1) is 9.13. The molecule has 2 aromatic rings. The molecule has 1 aromatic carbocycles. The summed E-state index contributed by atoms with van der Waals surface area (Å²) in [5.41, 5.74) is 1.44. The second-order valence-electron chi connectivity index (χ2n) is 4.81. The van der Waals surface area contributed by atoms with Gasteiger partial charge in [0.05, 0.1) is 24.9 Å². The van der Waals surface area contributed by atoms with Crippen LogP contribution in [0.25, 0.3) is 11.1 Å². The number of rotatable bonds is 2. The molecule has 6 heteroatoms. The Kier molecular flexibility index (Phi) is 3.47. The lowest BCUT2D eigenvalue weighted by Gasteiger charge is -2.30. The van der Waals surface area contributed by atoms with Crippen molar-refractivity contribution in [1.29, 1.82) is 0 Å². The van der Waals surface area contributed by atoms with E-state index in [2.05, 4.69) is 20.8 Å². The van der Waals surface area contributed by atoms with Gasteiger partial charge in [0, 0.05) is 17.6 Å². The van der Waals surface area contributed by atoms with E-state index in [4.69, 9.17) is 9.15 Å². The fourth-order valence-corrected chi connectivity index (χ4v) is 2.73. The normalized spacial score (nSPS) is 21.1. The topological polar surface area (TPSA) is 47.6 Å². The maximum atomic E-state index is 11.9. The molecule has 3 rings (SSSR count). The van der Waals surface area contributed by atoms with Gasteiger partial charge in [-0.1, -0.05) is 15.9 Å². The van der Waals surface area contributed by atoms with E-state index in [9.17, 15) is 4.79 Å². The Bertz CT molecular complexity index is 649.